The molecule has 0 atom stereocenters. The molecule has 0 aromatic heterocycles. The molecular weight excluding hydrogens is 1120 g/mol. The summed E-state index contributed by atoms with van der Waals surface area (Å²) in [4.78, 5) is 25.9. The highest BCUT2D eigenvalue weighted by molar-refractivity contribution is 7.80. The van der Waals surface area contributed by atoms with Gasteiger partial charge < -0.3 is 51.9 Å². The molecule has 0 saturated carbocycles. The Labute approximate surface area is 447 Å². The maximum Gasteiger partial charge on any atom is 0.325 e. The summed E-state index contributed by atoms with van der Waals surface area (Å²) >= 11 is 3.92. The molecule has 3 N–H and O–H groups in total. The smallest absolute Gasteiger partial charge is 0.325 e. The van der Waals surface area contributed by atoms with E-state index in [-0.39, 0.29) is 13.6 Å². The molecule has 0 amide bonds. The Bertz CT molecular complexity index is 1310. The molecule has 14 nitrogen and oxygen atoms in total. The highest BCUT2D eigenvalue weighted by Crippen LogP contribution is 2.34. The van der Waals surface area contributed by atoms with E-state index in [1.165, 1.54) is 6.42 Å². The van der Waals surface area contributed by atoms with Gasteiger partial charge in [0.05, 0.1) is 0 Å². The highest BCUT2D eigenvalue weighted by Gasteiger charge is 2.45. The van der Waals surface area contributed by atoms with Crippen LogP contribution in [0.3, 0.4) is 0 Å². The number of carboxylic acid groups (broad SMARTS) is 1. The Kier molecular flexibility index (Phi) is 43.0. The topological polar surface area (TPSA) is 178 Å². The zero-order chi connectivity index (χ0) is 56.7. The van der Waals surface area contributed by atoms with E-state index in [0.29, 0.717) is 12.8 Å². The summed E-state index contributed by atoms with van der Waals surface area (Å²) in [6, 6.07) is 0. The van der Waals surface area contributed by atoms with Gasteiger partial charge in [0, 0.05) is 12.6 Å². The van der Waals surface area contributed by atoms with Crippen LogP contribution in [0.4, 0.5) is 0 Å². The normalized spacial score (nSPS) is 13.6. The minimum Gasteiger partial charge on any atom is -0.481 e. The van der Waals surface area contributed by atoms with Crippen LogP contribution in [0.15, 0.2) is 0 Å². The van der Waals surface area contributed by atoms with Crippen LogP contribution in [0.5, 0.6) is 0 Å². The van der Waals surface area contributed by atoms with Crippen molar-refractivity contribution in [3.05, 3.63) is 0 Å². The Hall–Kier alpha value is 2.21. The zero-order valence-electron chi connectivity index (χ0n) is 50.5. The first-order valence-electron chi connectivity index (χ1n) is 24.3. The SMILES string of the molecule is C.CCCC(=O)O.CCCP(=O)(O)O.CCCS.C[Si](C)(C)O[Si](C)(C)O[Si](C)(C)C.C[Si](C)(C)O[Si](C)(C)O[Si](C)(C)O[Si](C)(C)C.C[Si](C)(C)O[Si](C)(C)O[Si](C)(C)O[Si](C)(C)O[Si](C)(C)C. The molecule has 0 rings (SSSR count). The Balaban J connectivity index is -0.000000144. The molecule has 0 aliphatic rings. The van der Waals surface area contributed by atoms with Crippen LogP contribution in [0.1, 0.15) is 53.9 Å². The maximum absolute atomic E-state index is 9.93. The molecule has 0 fully saturated rings. The van der Waals surface area contributed by atoms with Crippen LogP contribution in [0.25, 0.3) is 0 Å². The highest BCUT2D eigenvalue weighted by atomic mass is 32.1. The number of rotatable bonds is 23. The summed E-state index contributed by atoms with van der Waals surface area (Å²) in [7, 11) is -25.3. The van der Waals surface area contributed by atoms with Crippen molar-refractivity contribution < 1.29 is 61.3 Å². The number of aliphatic carboxylic acids is 1. The molecule has 0 spiro atoms. The fourth-order valence-electron chi connectivity index (χ4n) is 6.83. The van der Waals surface area contributed by atoms with E-state index >= 15 is 0 Å². The van der Waals surface area contributed by atoms with Crippen molar-refractivity contribution in [3.63, 3.8) is 0 Å². The minimum atomic E-state index is -3.67. The quantitative estimate of drug-likeness (QED) is 0.0431. The van der Waals surface area contributed by atoms with Gasteiger partial charge in [-0.15, -0.1) is 0 Å². The summed E-state index contributed by atoms with van der Waals surface area (Å²) in [5.74, 6) is 0.303. The van der Waals surface area contributed by atoms with Gasteiger partial charge in [0.1, 0.15) is 0 Å². The molecule has 28 heteroatoms. The summed E-state index contributed by atoms with van der Waals surface area (Å²) in [5, 5.41) is 7.91. The van der Waals surface area contributed by atoms with Crippen molar-refractivity contribution >= 4 is 127 Å². The molecule has 0 bridgehead atoms. The number of thiol groups is 1. The standard InChI is InChI=1S/C12H36O4Si5.C10H30O3Si4.C8H24O2Si3.C4H8O2.C3H9O3P.C3H8S.CH4/c1-17(2,3)13-19(7,8)15-21(11,12)16-20(9,10)14-18(4,5)6;1-14(2,3)11-16(7,8)13-17(9,10)12-15(4,5)6;1-11(2,3)9-13(7,8)10-12(4,5)6;1-2-3-4(5)6;1-2-3-7(4,5)6;1-2-3-4;/h1-12H3;1-10H3;1-8H3;2-3H2,1H3,(H,5,6);2-3H2,1H3,(H2,4,5,6);4H,2-3H2,1H3;1H4. The number of hydrogen-bond acceptors (Lipinski definition) is 12. The van der Waals surface area contributed by atoms with Crippen molar-refractivity contribution in [2.24, 2.45) is 0 Å². The van der Waals surface area contributed by atoms with Crippen molar-refractivity contribution in [3.8, 4) is 0 Å². The predicted octanol–water partition coefficient (Wildman–Crippen LogP) is 15.7. The molecule has 0 aromatic carbocycles. The molecule has 0 heterocycles. The second kappa shape index (κ2) is 34.9. The minimum absolute atomic E-state index is 0. The van der Waals surface area contributed by atoms with Gasteiger partial charge in [-0.1, -0.05) is 28.2 Å². The Morgan fingerprint density at radius 3 is 0.609 bits per heavy atom. The molecule has 69 heavy (non-hydrogen) atoms. The van der Waals surface area contributed by atoms with Crippen LogP contribution in [0.2, 0.25) is 196 Å². The van der Waals surface area contributed by atoms with Gasteiger partial charge in [0.2, 0.25) is 0 Å². The first-order chi connectivity index (χ1) is 29.1. The van der Waals surface area contributed by atoms with E-state index in [1.54, 1.807) is 6.92 Å². The van der Waals surface area contributed by atoms with Gasteiger partial charge in [-0.25, -0.2) is 0 Å². The van der Waals surface area contributed by atoms with Crippen LogP contribution < -0.4 is 0 Å². The third kappa shape index (κ3) is 79.2. The number of carbonyl (C=O) groups is 1. The molecule has 0 aromatic rings. The lowest BCUT2D eigenvalue weighted by molar-refractivity contribution is -0.137. The molecular formula is C41H119O14PSSi12. The van der Waals surface area contributed by atoms with E-state index in [1.807, 2.05) is 6.92 Å². The molecule has 0 unspecified atom stereocenters. The molecule has 0 aliphatic heterocycles. The van der Waals surface area contributed by atoms with Gasteiger partial charge >= 0.3 is 64.9 Å². The van der Waals surface area contributed by atoms with E-state index in [9.17, 15) is 9.36 Å². The van der Waals surface area contributed by atoms with Gasteiger partial charge in [-0.05, 0) is 221 Å². The third-order valence-electron chi connectivity index (χ3n) is 5.99. The summed E-state index contributed by atoms with van der Waals surface area (Å²) in [6.45, 7) is 71.0. The van der Waals surface area contributed by atoms with Crippen molar-refractivity contribution in [2.45, 2.75) is 250 Å². The summed E-state index contributed by atoms with van der Waals surface area (Å²) in [5.41, 5.74) is 0. The molecule has 0 saturated heterocycles. The van der Waals surface area contributed by atoms with Crippen molar-refractivity contribution in [2.75, 3.05) is 11.9 Å². The summed E-state index contributed by atoms with van der Waals surface area (Å²) < 4.78 is 66.1. The van der Waals surface area contributed by atoms with E-state index in [0.717, 1.165) is 12.2 Å². The van der Waals surface area contributed by atoms with Crippen LogP contribution in [-0.4, -0.2) is 134 Å². The van der Waals surface area contributed by atoms with Gasteiger partial charge in [-0.3, -0.25) is 9.36 Å². The average Bonchev–Trinajstić information content (AvgIpc) is 2.87. The van der Waals surface area contributed by atoms with Crippen LogP contribution in [-0.2, 0) is 46.4 Å². The first-order valence-corrected chi connectivity index (χ1v) is 64.1. The Morgan fingerprint density at radius 1 is 0.377 bits per heavy atom. The largest absolute Gasteiger partial charge is 0.481 e. The molecule has 0 radical (unpaired) electrons. The van der Waals surface area contributed by atoms with Crippen molar-refractivity contribution in [1.29, 1.82) is 0 Å². The van der Waals surface area contributed by atoms with Crippen LogP contribution >= 0.6 is 20.2 Å². The molecule has 0 aliphatic carbocycles. The summed E-state index contributed by atoms with van der Waals surface area (Å²) in [6.07, 6.45) is 2.76. The first kappa shape index (κ1) is 85.1. The van der Waals surface area contributed by atoms with E-state index in [2.05, 4.69) is 216 Å². The molecule has 426 valence electrons. The van der Waals surface area contributed by atoms with Gasteiger partial charge in [-0.2, -0.15) is 12.6 Å². The second-order valence-electron chi connectivity index (χ2n) is 25.2. The lowest BCUT2D eigenvalue weighted by Crippen LogP contribution is -2.58. The van der Waals surface area contributed by atoms with Gasteiger partial charge in [0.15, 0.2) is 49.9 Å². The zero-order valence-corrected chi connectivity index (χ0v) is 64.3. The third-order valence-corrected chi connectivity index (χ3v) is 45.8. The van der Waals surface area contributed by atoms with Gasteiger partial charge in [0.25, 0.3) is 0 Å². The second-order valence-corrected chi connectivity index (χ2v) is 77.0. The monoisotopic (exact) mass is 1230 g/mol. The Morgan fingerprint density at radius 2 is 0.536 bits per heavy atom. The van der Waals surface area contributed by atoms with Crippen LogP contribution in [0, 0.1) is 0 Å². The van der Waals surface area contributed by atoms with Crippen molar-refractivity contribution in [1.82, 2.24) is 0 Å². The lowest BCUT2D eigenvalue weighted by Gasteiger charge is -2.41. The maximum atomic E-state index is 9.93. The number of hydrogen-bond donors (Lipinski definition) is 4. The fraction of sp³-hybridized carbons (Fsp3) is 0.976. The van der Waals surface area contributed by atoms with E-state index < -0.39 is 115 Å². The number of carboxylic acids is 1. The fourth-order valence-corrected chi connectivity index (χ4v) is 60.3. The average molecular weight is 1240 g/mol. The van der Waals surface area contributed by atoms with E-state index in [4.69, 9.17) is 51.9 Å². The lowest BCUT2D eigenvalue weighted by atomic mass is 10.4. The predicted molar refractivity (Wildman–Crippen MR) is 335 cm³/mol.